The maximum absolute atomic E-state index is 10.0. The van der Waals surface area contributed by atoms with Gasteiger partial charge in [-0.25, -0.2) is 0 Å². The van der Waals surface area contributed by atoms with Crippen LogP contribution >= 0.6 is 0 Å². The summed E-state index contributed by atoms with van der Waals surface area (Å²) in [5.74, 6) is 0.840. The van der Waals surface area contributed by atoms with Crippen LogP contribution in [0.1, 0.15) is 38.8 Å². The molecule has 0 bridgehead atoms. The number of hydrogen-bond acceptors (Lipinski definition) is 2. The first-order chi connectivity index (χ1) is 7.15. The Labute approximate surface area is 98.3 Å². The largest absolute Gasteiger partial charge is 0.485 e. The van der Waals surface area contributed by atoms with E-state index in [-0.39, 0.29) is 0 Å². The Kier molecular flexibility index (Phi) is 3.34. The van der Waals surface area contributed by atoms with E-state index >= 15 is 0 Å². The van der Waals surface area contributed by atoms with E-state index in [2.05, 4.69) is 13.0 Å². The Morgan fingerprint density at radius 3 is 2.12 bits per heavy atom. The molecule has 0 atom stereocenters. The summed E-state index contributed by atoms with van der Waals surface area (Å²) in [5, 5.41) is 10.0. The van der Waals surface area contributed by atoms with Crippen LogP contribution in [0.5, 0.6) is 5.75 Å². The maximum atomic E-state index is 10.0. The monoisotopic (exact) mass is 222 g/mol. The van der Waals surface area contributed by atoms with E-state index in [1.54, 1.807) is 13.8 Å². The second-order valence-corrected chi connectivity index (χ2v) is 5.37. The van der Waals surface area contributed by atoms with Crippen LogP contribution in [0.4, 0.5) is 0 Å². The summed E-state index contributed by atoms with van der Waals surface area (Å²) >= 11 is 0. The minimum absolute atomic E-state index is 0.619. The van der Waals surface area contributed by atoms with Crippen molar-refractivity contribution in [3.63, 3.8) is 0 Å². The molecule has 1 rings (SSSR count). The van der Waals surface area contributed by atoms with Gasteiger partial charge in [-0.2, -0.15) is 0 Å². The molecular formula is C14H22O2. The van der Waals surface area contributed by atoms with Gasteiger partial charge in [-0.05, 0) is 58.7 Å². The highest BCUT2D eigenvalue weighted by molar-refractivity contribution is 5.38. The summed E-state index contributed by atoms with van der Waals surface area (Å²) in [6, 6.07) is 5.97. The fraction of sp³-hybridized carbons (Fsp3) is 0.571. The molecule has 16 heavy (non-hydrogen) atoms. The Hall–Kier alpha value is -1.02. The highest BCUT2D eigenvalue weighted by Gasteiger charge is 2.37. The topological polar surface area (TPSA) is 29.5 Å². The minimum atomic E-state index is -0.886. The van der Waals surface area contributed by atoms with Crippen LogP contribution in [0.2, 0.25) is 0 Å². The van der Waals surface area contributed by atoms with Crippen LogP contribution in [-0.4, -0.2) is 16.3 Å². The lowest BCUT2D eigenvalue weighted by Crippen LogP contribution is -2.49. The van der Waals surface area contributed by atoms with E-state index < -0.39 is 11.2 Å². The molecule has 1 N–H and O–H groups in total. The summed E-state index contributed by atoms with van der Waals surface area (Å²) in [4.78, 5) is 0. The second kappa shape index (κ2) is 4.10. The maximum Gasteiger partial charge on any atom is 0.131 e. The normalized spacial score (nSPS) is 12.7. The van der Waals surface area contributed by atoms with Gasteiger partial charge in [0.1, 0.15) is 11.4 Å². The highest BCUT2D eigenvalue weighted by atomic mass is 16.5. The van der Waals surface area contributed by atoms with Gasteiger partial charge in [-0.3, -0.25) is 0 Å². The number of rotatable bonds is 3. The molecule has 0 amide bonds. The van der Waals surface area contributed by atoms with E-state index in [0.29, 0.717) is 0 Å². The molecule has 0 radical (unpaired) electrons. The molecule has 0 unspecified atom stereocenters. The van der Waals surface area contributed by atoms with Gasteiger partial charge >= 0.3 is 0 Å². The lowest BCUT2D eigenvalue weighted by Gasteiger charge is -2.38. The molecule has 2 heteroatoms. The van der Waals surface area contributed by atoms with Gasteiger partial charge in [0.25, 0.3) is 0 Å². The summed E-state index contributed by atoms with van der Waals surface area (Å²) in [6.07, 6.45) is 0. The first kappa shape index (κ1) is 13.0. The molecule has 90 valence electrons. The molecule has 0 aromatic heterocycles. The zero-order chi connectivity index (χ0) is 12.6. The quantitative estimate of drug-likeness (QED) is 0.850. The molecule has 0 spiro atoms. The van der Waals surface area contributed by atoms with Crippen molar-refractivity contribution in [2.45, 2.75) is 52.7 Å². The summed E-state index contributed by atoms with van der Waals surface area (Å²) < 4.78 is 5.93. The molecule has 0 saturated carbocycles. The van der Waals surface area contributed by atoms with Crippen LogP contribution in [-0.2, 0) is 0 Å². The van der Waals surface area contributed by atoms with Gasteiger partial charge < -0.3 is 9.84 Å². The van der Waals surface area contributed by atoms with Crippen molar-refractivity contribution in [1.82, 2.24) is 0 Å². The molecule has 0 fully saturated rings. The number of ether oxygens (including phenoxy) is 1. The first-order valence-electron chi connectivity index (χ1n) is 5.63. The van der Waals surface area contributed by atoms with E-state index in [0.717, 1.165) is 11.3 Å². The molecule has 0 aliphatic carbocycles. The fourth-order valence-electron chi connectivity index (χ4n) is 1.23. The second-order valence-electron chi connectivity index (χ2n) is 5.37. The van der Waals surface area contributed by atoms with E-state index in [4.69, 9.17) is 4.74 Å². The smallest absolute Gasteiger partial charge is 0.131 e. The predicted octanol–water partition coefficient (Wildman–Crippen LogP) is 3.23. The highest BCUT2D eigenvalue weighted by Crippen LogP contribution is 2.30. The van der Waals surface area contributed by atoms with Crippen LogP contribution in [0.15, 0.2) is 18.2 Å². The van der Waals surface area contributed by atoms with Crippen LogP contribution < -0.4 is 4.74 Å². The number of aliphatic hydroxyl groups is 1. The van der Waals surface area contributed by atoms with Crippen molar-refractivity contribution < 1.29 is 9.84 Å². The summed E-state index contributed by atoms with van der Waals surface area (Å²) in [7, 11) is 0. The molecule has 0 heterocycles. The van der Waals surface area contributed by atoms with Crippen molar-refractivity contribution in [3.05, 3.63) is 29.3 Å². The first-order valence-corrected chi connectivity index (χ1v) is 5.63. The lowest BCUT2D eigenvalue weighted by atomic mass is 9.89. The van der Waals surface area contributed by atoms with Crippen molar-refractivity contribution in [2.75, 3.05) is 0 Å². The molecule has 0 aliphatic heterocycles. The van der Waals surface area contributed by atoms with Crippen LogP contribution in [0, 0.1) is 13.8 Å². The Bertz CT molecular complexity index is 373. The average Bonchev–Trinajstić information content (AvgIpc) is 2.11. The minimum Gasteiger partial charge on any atom is -0.485 e. The van der Waals surface area contributed by atoms with Crippen molar-refractivity contribution in [2.24, 2.45) is 0 Å². The van der Waals surface area contributed by atoms with Gasteiger partial charge in [0.05, 0.1) is 5.60 Å². The molecule has 0 saturated heterocycles. The van der Waals surface area contributed by atoms with Crippen molar-refractivity contribution in [1.29, 1.82) is 0 Å². The molecular weight excluding hydrogens is 200 g/mol. The zero-order valence-electron chi connectivity index (χ0n) is 11.1. The average molecular weight is 222 g/mol. The van der Waals surface area contributed by atoms with Crippen LogP contribution in [0.25, 0.3) is 0 Å². The summed E-state index contributed by atoms with van der Waals surface area (Å²) in [6.45, 7) is 11.4. The van der Waals surface area contributed by atoms with Gasteiger partial charge in [0, 0.05) is 0 Å². The summed E-state index contributed by atoms with van der Waals surface area (Å²) in [5.41, 5.74) is 0.818. The third-order valence-corrected chi connectivity index (χ3v) is 3.39. The van der Waals surface area contributed by atoms with E-state index in [9.17, 15) is 5.11 Å². The number of aryl methyl sites for hydroxylation is 1. The fourth-order valence-corrected chi connectivity index (χ4v) is 1.23. The van der Waals surface area contributed by atoms with E-state index in [1.165, 1.54) is 5.56 Å². The third-order valence-electron chi connectivity index (χ3n) is 3.39. The van der Waals surface area contributed by atoms with E-state index in [1.807, 2.05) is 32.9 Å². The van der Waals surface area contributed by atoms with Gasteiger partial charge in [0.2, 0.25) is 0 Å². The zero-order valence-corrected chi connectivity index (χ0v) is 11.1. The third kappa shape index (κ3) is 2.56. The molecule has 1 aromatic rings. The predicted molar refractivity (Wildman–Crippen MR) is 66.9 cm³/mol. The SMILES string of the molecule is Cc1cccc(OC(C)(C)C(C)(C)O)c1C. The molecule has 1 aromatic carbocycles. The standard InChI is InChI=1S/C14H22O2/c1-10-8-7-9-12(11(10)2)16-14(5,6)13(3,4)15/h7-9,15H,1-6H3. The van der Waals surface area contributed by atoms with Crippen molar-refractivity contribution >= 4 is 0 Å². The molecule has 0 aliphatic rings. The Balaban J connectivity index is 3.02. The lowest BCUT2D eigenvalue weighted by molar-refractivity contribution is -0.0909. The Morgan fingerprint density at radius 2 is 1.62 bits per heavy atom. The molecule has 2 nitrogen and oxygen atoms in total. The number of benzene rings is 1. The van der Waals surface area contributed by atoms with Gasteiger partial charge in [-0.15, -0.1) is 0 Å². The van der Waals surface area contributed by atoms with Crippen LogP contribution in [0.3, 0.4) is 0 Å². The number of hydrogen-bond donors (Lipinski definition) is 1. The van der Waals surface area contributed by atoms with Gasteiger partial charge in [0.15, 0.2) is 0 Å². The Morgan fingerprint density at radius 1 is 1.06 bits per heavy atom. The van der Waals surface area contributed by atoms with Gasteiger partial charge in [-0.1, -0.05) is 12.1 Å². The van der Waals surface area contributed by atoms with Crippen molar-refractivity contribution in [3.8, 4) is 5.75 Å².